The molecule has 2 aromatic carbocycles. The van der Waals surface area contributed by atoms with Crippen molar-refractivity contribution in [2.75, 3.05) is 25.1 Å². The molecule has 0 atom stereocenters. The molecule has 28 heavy (non-hydrogen) atoms. The Hall–Kier alpha value is -3.08. The van der Waals surface area contributed by atoms with Gasteiger partial charge in [-0.25, -0.2) is 9.97 Å². The lowest BCUT2D eigenvalue weighted by atomic mass is 9.90. The lowest BCUT2D eigenvalue weighted by molar-refractivity contribution is 0.373. The largest absolute Gasteiger partial charge is 0.493 e. The normalized spacial score (nSPS) is 14.7. The van der Waals surface area contributed by atoms with Crippen LogP contribution in [0.1, 0.15) is 18.4 Å². The molecule has 0 amide bonds. The van der Waals surface area contributed by atoms with Gasteiger partial charge in [-0.3, -0.25) is 0 Å². The van der Waals surface area contributed by atoms with Gasteiger partial charge in [-0.2, -0.15) is 0 Å². The minimum Gasteiger partial charge on any atom is -0.493 e. The number of ether oxygens (including phenoxy) is 2. The topological polar surface area (TPSA) is 47.5 Å². The van der Waals surface area contributed by atoms with Crippen LogP contribution in [-0.4, -0.2) is 30.2 Å². The maximum Gasteiger partial charge on any atom is 0.224 e. The van der Waals surface area contributed by atoms with Crippen LogP contribution in [-0.2, 0) is 6.42 Å². The third-order valence-electron chi connectivity index (χ3n) is 5.22. The molecule has 144 valence electrons. The molecule has 4 rings (SSSR count). The summed E-state index contributed by atoms with van der Waals surface area (Å²) in [7, 11) is 1.63. The van der Waals surface area contributed by atoms with Crippen LogP contribution in [0.15, 0.2) is 67.0 Å². The fraction of sp³-hybridized carbons (Fsp3) is 0.304. The molecular formula is C23H25N3O2. The smallest absolute Gasteiger partial charge is 0.224 e. The van der Waals surface area contributed by atoms with Crippen molar-refractivity contribution in [3.8, 4) is 17.4 Å². The molecule has 5 heteroatoms. The zero-order valence-corrected chi connectivity index (χ0v) is 16.1. The molecule has 1 aliphatic heterocycles. The van der Waals surface area contributed by atoms with Gasteiger partial charge in [-0.05, 0) is 42.9 Å². The predicted octanol–water partition coefficient (Wildman–Crippen LogP) is 4.74. The molecule has 0 unspecified atom stereocenters. The van der Waals surface area contributed by atoms with Crippen molar-refractivity contribution in [3.63, 3.8) is 0 Å². The Morgan fingerprint density at radius 3 is 2.39 bits per heavy atom. The van der Waals surface area contributed by atoms with Gasteiger partial charge in [-0.15, -0.1) is 0 Å². The number of hydrogen-bond donors (Lipinski definition) is 0. The van der Waals surface area contributed by atoms with Crippen LogP contribution in [0.2, 0.25) is 0 Å². The Morgan fingerprint density at radius 1 is 0.929 bits per heavy atom. The van der Waals surface area contributed by atoms with Gasteiger partial charge < -0.3 is 14.4 Å². The van der Waals surface area contributed by atoms with E-state index >= 15 is 0 Å². The summed E-state index contributed by atoms with van der Waals surface area (Å²) in [6.07, 6.45) is 5.06. The number of benzene rings is 2. The van der Waals surface area contributed by atoms with Crippen molar-refractivity contribution in [3.05, 3.63) is 72.6 Å². The van der Waals surface area contributed by atoms with Gasteiger partial charge in [0.1, 0.15) is 12.1 Å². The second-order valence-corrected chi connectivity index (χ2v) is 7.09. The minimum absolute atomic E-state index is 0.529. The molecule has 1 saturated heterocycles. The maximum atomic E-state index is 5.93. The zero-order valence-electron chi connectivity index (χ0n) is 16.1. The van der Waals surface area contributed by atoms with E-state index in [1.807, 2.05) is 30.3 Å². The van der Waals surface area contributed by atoms with Crippen molar-refractivity contribution in [1.82, 2.24) is 9.97 Å². The van der Waals surface area contributed by atoms with Crippen LogP contribution in [0.5, 0.6) is 17.4 Å². The Morgan fingerprint density at radius 2 is 1.64 bits per heavy atom. The Bertz CT molecular complexity index is 893. The van der Waals surface area contributed by atoms with E-state index in [9.17, 15) is 0 Å². The van der Waals surface area contributed by atoms with E-state index in [0.717, 1.165) is 31.2 Å². The average Bonchev–Trinajstić information content (AvgIpc) is 2.76. The van der Waals surface area contributed by atoms with Crippen LogP contribution in [0.3, 0.4) is 0 Å². The van der Waals surface area contributed by atoms with Gasteiger partial charge in [0.05, 0.1) is 7.11 Å². The van der Waals surface area contributed by atoms with Crippen molar-refractivity contribution in [2.45, 2.75) is 19.3 Å². The van der Waals surface area contributed by atoms with E-state index in [2.05, 4.69) is 45.2 Å². The predicted molar refractivity (Wildman–Crippen MR) is 110 cm³/mol. The highest BCUT2D eigenvalue weighted by Crippen LogP contribution is 2.31. The molecular weight excluding hydrogens is 350 g/mol. The standard InChI is InChI=1S/C23H25N3O2/c1-27-20-9-5-6-10-21(20)28-23-16-22(24-17-25-23)26-13-11-19(12-14-26)15-18-7-3-2-4-8-18/h2-10,16-17,19H,11-15H2,1H3. The minimum atomic E-state index is 0.529. The average molecular weight is 375 g/mol. The first-order chi connectivity index (χ1) is 13.8. The van der Waals surface area contributed by atoms with Gasteiger partial charge >= 0.3 is 0 Å². The maximum absolute atomic E-state index is 5.93. The SMILES string of the molecule is COc1ccccc1Oc1cc(N2CCC(Cc3ccccc3)CC2)ncn1. The Labute approximate surface area is 166 Å². The van der Waals surface area contributed by atoms with Gasteiger partial charge in [-0.1, -0.05) is 42.5 Å². The lowest BCUT2D eigenvalue weighted by Crippen LogP contribution is -2.34. The molecule has 2 heterocycles. The molecule has 0 aliphatic carbocycles. The van der Waals surface area contributed by atoms with Crippen molar-refractivity contribution in [1.29, 1.82) is 0 Å². The summed E-state index contributed by atoms with van der Waals surface area (Å²) >= 11 is 0. The lowest BCUT2D eigenvalue weighted by Gasteiger charge is -2.32. The van der Waals surface area contributed by atoms with Crippen molar-refractivity contribution < 1.29 is 9.47 Å². The first-order valence-corrected chi connectivity index (χ1v) is 9.73. The van der Waals surface area contributed by atoms with E-state index in [0.29, 0.717) is 17.4 Å². The second kappa shape index (κ2) is 8.74. The van der Waals surface area contributed by atoms with Crippen LogP contribution < -0.4 is 14.4 Å². The number of methoxy groups -OCH3 is 1. The molecule has 0 N–H and O–H groups in total. The summed E-state index contributed by atoms with van der Waals surface area (Å²) in [6, 6.07) is 20.2. The molecule has 1 aromatic heterocycles. The second-order valence-electron chi connectivity index (χ2n) is 7.09. The summed E-state index contributed by atoms with van der Waals surface area (Å²) in [5.41, 5.74) is 1.43. The molecule has 3 aromatic rings. The van der Waals surface area contributed by atoms with Gasteiger partial charge in [0.2, 0.25) is 5.88 Å². The first-order valence-electron chi connectivity index (χ1n) is 9.73. The van der Waals surface area contributed by atoms with Gasteiger partial charge in [0.25, 0.3) is 0 Å². The first kappa shape index (κ1) is 18.3. The summed E-state index contributed by atoms with van der Waals surface area (Å²) in [5.74, 6) is 3.50. The molecule has 1 aliphatic rings. The van der Waals surface area contributed by atoms with Gasteiger partial charge in [0, 0.05) is 19.2 Å². The zero-order chi connectivity index (χ0) is 19.2. The molecule has 0 spiro atoms. The molecule has 0 saturated carbocycles. The third-order valence-corrected chi connectivity index (χ3v) is 5.22. The molecule has 0 radical (unpaired) electrons. The Balaban J connectivity index is 1.38. The van der Waals surface area contributed by atoms with Crippen LogP contribution >= 0.6 is 0 Å². The quantitative estimate of drug-likeness (QED) is 0.623. The van der Waals surface area contributed by atoms with Crippen LogP contribution in [0.25, 0.3) is 0 Å². The third kappa shape index (κ3) is 4.42. The summed E-state index contributed by atoms with van der Waals surface area (Å²) in [5, 5.41) is 0. The number of hydrogen-bond acceptors (Lipinski definition) is 5. The number of para-hydroxylation sites is 2. The van der Waals surface area contributed by atoms with Crippen molar-refractivity contribution in [2.24, 2.45) is 5.92 Å². The fourth-order valence-electron chi connectivity index (χ4n) is 3.69. The van der Waals surface area contributed by atoms with E-state index in [4.69, 9.17) is 9.47 Å². The highest BCUT2D eigenvalue weighted by molar-refractivity contribution is 5.45. The molecule has 1 fully saturated rings. The van der Waals surface area contributed by atoms with Crippen molar-refractivity contribution >= 4 is 5.82 Å². The van der Waals surface area contributed by atoms with E-state index in [-0.39, 0.29) is 0 Å². The number of anilines is 1. The van der Waals surface area contributed by atoms with Gasteiger partial charge in [0.15, 0.2) is 11.5 Å². The summed E-state index contributed by atoms with van der Waals surface area (Å²) in [6.45, 7) is 2.01. The van der Waals surface area contributed by atoms with E-state index in [1.54, 1.807) is 13.4 Å². The monoisotopic (exact) mass is 375 g/mol. The number of aromatic nitrogens is 2. The Kier molecular flexibility index (Phi) is 5.71. The number of rotatable bonds is 6. The number of nitrogens with zero attached hydrogens (tertiary/aromatic N) is 3. The highest BCUT2D eigenvalue weighted by Gasteiger charge is 2.21. The van der Waals surface area contributed by atoms with Crippen LogP contribution in [0.4, 0.5) is 5.82 Å². The highest BCUT2D eigenvalue weighted by atomic mass is 16.5. The number of piperidine rings is 1. The van der Waals surface area contributed by atoms with E-state index in [1.165, 1.54) is 18.4 Å². The summed E-state index contributed by atoms with van der Waals surface area (Å²) < 4.78 is 11.3. The fourth-order valence-corrected chi connectivity index (χ4v) is 3.69. The van der Waals surface area contributed by atoms with E-state index < -0.39 is 0 Å². The molecule has 5 nitrogen and oxygen atoms in total. The molecule has 0 bridgehead atoms. The van der Waals surface area contributed by atoms with Crippen LogP contribution in [0, 0.1) is 5.92 Å². The summed E-state index contributed by atoms with van der Waals surface area (Å²) in [4.78, 5) is 11.0.